The molecule has 1 atom stereocenters. The Kier molecular flexibility index (Phi) is 5.92. The van der Waals surface area contributed by atoms with E-state index < -0.39 is 27.9 Å². The molecule has 0 spiro atoms. The summed E-state index contributed by atoms with van der Waals surface area (Å²) in [5, 5.41) is 10.2. The summed E-state index contributed by atoms with van der Waals surface area (Å²) in [5.41, 5.74) is 0.505. The van der Waals surface area contributed by atoms with Crippen LogP contribution in [0.2, 0.25) is 10.0 Å². The fourth-order valence-electron chi connectivity index (χ4n) is 2.41. The van der Waals surface area contributed by atoms with E-state index in [1.807, 2.05) is 0 Å². The first-order valence-corrected chi connectivity index (χ1v) is 9.61. The number of aliphatic carboxylic acids is 1. The van der Waals surface area contributed by atoms with Gasteiger partial charge in [0.05, 0.1) is 11.9 Å². The van der Waals surface area contributed by atoms with Crippen molar-refractivity contribution in [2.75, 3.05) is 10.6 Å². The summed E-state index contributed by atoms with van der Waals surface area (Å²) >= 11 is 11.8. The molecule has 0 fully saturated rings. The summed E-state index contributed by atoms with van der Waals surface area (Å²) < 4.78 is 38.3. The second-order valence-corrected chi connectivity index (χ2v) is 8.10. The van der Waals surface area contributed by atoms with Gasteiger partial charge in [0.25, 0.3) is 0 Å². The molecule has 0 aliphatic heterocycles. The molecule has 2 aromatic carbocycles. The van der Waals surface area contributed by atoms with E-state index in [0.717, 1.165) is 22.7 Å². The molecule has 0 amide bonds. The number of nitrogens with zero attached hydrogens (tertiary/aromatic N) is 1. The molecule has 5 nitrogen and oxygen atoms in total. The molecular formula is C16H14Cl2FNO4S. The number of carbonyl (C=O) groups is 1. The van der Waals surface area contributed by atoms with Crippen LogP contribution >= 0.6 is 23.2 Å². The molecule has 0 aliphatic rings. The predicted molar refractivity (Wildman–Crippen MR) is 95.3 cm³/mol. The fraction of sp³-hybridized carbons (Fsp3) is 0.188. The van der Waals surface area contributed by atoms with Gasteiger partial charge >= 0.3 is 5.97 Å². The summed E-state index contributed by atoms with van der Waals surface area (Å²) in [6.07, 6.45) is 0.720. The summed E-state index contributed by atoms with van der Waals surface area (Å²) in [5.74, 6) is -1.92. The minimum atomic E-state index is -3.95. The highest BCUT2D eigenvalue weighted by Gasteiger charge is 2.33. The standard InChI is InChI=1S/C16H14Cl2FNO4S/c1-25(23,24)20(14-4-2-13(19)3-5-14)15(16(21)22)8-10-6-11(17)9-12(18)7-10/h2-7,9,15H,8H2,1H3,(H,21,22)/t15-/m1/s1. The normalized spacial score (nSPS) is 12.6. The van der Waals surface area contributed by atoms with Crippen molar-refractivity contribution in [2.24, 2.45) is 0 Å². The molecule has 0 saturated heterocycles. The van der Waals surface area contributed by atoms with Crippen molar-refractivity contribution in [1.29, 1.82) is 0 Å². The average Bonchev–Trinajstić information content (AvgIpc) is 2.46. The third-order valence-electron chi connectivity index (χ3n) is 3.36. The van der Waals surface area contributed by atoms with E-state index in [9.17, 15) is 22.7 Å². The number of hydrogen-bond acceptors (Lipinski definition) is 3. The molecule has 25 heavy (non-hydrogen) atoms. The van der Waals surface area contributed by atoms with Gasteiger partial charge in [-0.2, -0.15) is 0 Å². The van der Waals surface area contributed by atoms with Gasteiger partial charge in [0.2, 0.25) is 10.0 Å². The van der Waals surface area contributed by atoms with Crippen LogP contribution in [-0.4, -0.2) is 31.8 Å². The van der Waals surface area contributed by atoms with Gasteiger partial charge < -0.3 is 5.11 Å². The average molecular weight is 406 g/mol. The Morgan fingerprint density at radius 2 is 1.68 bits per heavy atom. The largest absolute Gasteiger partial charge is 0.480 e. The van der Waals surface area contributed by atoms with Crippen molar-refractivity contribution in [1.82, 2.24) is 0 Å². The second kappa shape index (κ2) is 7.59. The number of carboxylic acids is 1. The molecule has 0 heterocycles. The first-order valence-electron chi connectivity index (χ1n) is 7.00. The van der Waals surface area contributed by atoms with E-state index in [4.69, 9.17) is 23.2 Å². The smallest absolute Gasteiger partial charge is 0.327 e. The van der Waals surface area contributed by atoms with Crippen molar-refractivity contribution in [2.45, 2.75) is 12.5 Å². The molecule has 134 valence electrons. The first kappa shape index (κ1) is 19.5. The van der Waals surface area contributed by atoms with Gasteiger partial charge in [-0.05, 0) is 48.0 Å². The monoisotopic (exact) mass is 405 g/mol. The van der Waals surface area contributed by atoms with Crippen LogP contribution in [-0.2, 0) is 21.2 Å². The van der Waals surface area contributed by atoms with Crippen LogP contribution in [0.15, 0.2) is 42.5 Å². The third kappa shape index (κ3) is 5.07. The summed E-state index contributed by atoms with van der Waals surface area (Å²) in [6.45, 7) is 0. The molecule has 0 aliphatic carbocycles. The van der Waals surface area contributed by atoms with Crippen molar-refractivity contribution in [3.63, 3.8) is 0 Å². The van der Waals surface area contributed by atoms with E-state index in [1.54, 1.807) is 0 Å². The molecule has 0 saturated carbocycles. The van der Waals surface area contributed by atoms with Crippen LogP contribution in [0.1, 0.15) is 5.56 Å². The Balaban J connectivity index is 2.49. The van der Waals surface area contributed by atoms with E-state index in [-0.39, 0.29) is 12.1 Å². The Hall–Kier alpha value is -1.83. The first-order chi connectivity index (χ1) is 11.6. The quantitative estimate of drug-likeness (QED) is 0.796. The molecule has 9 heteroatoms. The minimum Gasteiger partial charge on any atom is -0.480 e. The Bertz CT molecular complexity index is 867. The van der Waals surface area contributed by atoms with Gasteiger partial charge in [-0.15, -0.1) is 0 Å². The molecule has 2 rings (SSSR count). The van der Waals surface area contributed by atoms with Crippen LogP contribution in [0, 0.1) is 5.82 Å². The van der Waals surface area contributed by atoms with Crippen molar-refractivity contribution >= 4 is 44.9 Å². The Morgan fingerprint density at radius 1 is 1.16 bits per heavy atom. The molecular weight excluding hydrogens is 392 g/mol. The van der Waals surface area contributed by atoms with Crippen molar-refractivity contribution in [3.8, 4) is 0 Å². The Morgan fingerprint density at radius 3 is 2.12 bits per heavy atom. The van der Waals surface area contributed by atoms with Gasteiger partial charge in [-0.3, -0.25) is 4.31 Å². The second-order valence-electron chi connectivity index (χ2n) is 5.37. The van der Waals surface area contributed by atoms with Gasteiger partial charge in [-0.1, -0.05) is 23.2 Å². The lowest BCUT2D eigenvalue weighted by Crippen LogP contribution is -2.46. The van der Waals surface area contributed by atoms with Gasteiger partial charge in [-0.25, -0.2) is 17.6 Å². The lowest BCUT2D eigenvalue weighted by molar-refractivity contribution is -0.138. The van der Waals surface area contributed by atoms with Gasteiger partial charge in [0, 0.05) is 16.5 Å². The maximum atomic E-state index is 13.1. The minimum absolute atomic E-state index is 0.0458. The molecule has 0 unspecified atom stereocenters. The number of anilines is 1. The zero-order valence-electron chi connectivity index (χ0n) is 13.0. The topological polar surface area (TPSA) is 74.7 Å². The number of carboxylic acid groups (broad SMARTS) is 1. The summed E-state index contributed by atoms with van der Waals surface area (Å²) in [7, 11) is -3.95. The predicted octanol–water partition coefficient (Wildman–Crippen LogP) is 3.59. The molecule has 0 aromatic heterocycles. The van der Waals surface area contributed by atoms with Gasteiger partial charge in [0.15, 0.2) is 0 Å². The number of benzene rings is 2. The lowest BCUT2D eigenvalue weighted by atomic mass is 10.1. The van der Waals surface area contributed by atoms with E-state index in [0.29, 0.717) is 15.6 Å². The SMILES string of the molecule is CS(=O)(=O)N(c1ccc(F)cc1)[C@H](Cc1cc(Cl)cc(Cl)c1)C(=O)O. The van der Waals surface area contributed by atoms with E-state index >= 15 is 0 Å². The summed E-state index contributed by atoms with van der Waals surface area (Å²) in [6, 6.07) is 7.58. The maximum Gasteiger partial charge on any atom is 0.327 e. The molecule has 0 radical (unpaired) electrons. The molecule has 2 aromatic rings. The summed E-state index contributed by atoms with van der Waals surface area (Å²) in [4.78, 5) is 11.8. The highest BCUT2D eigenvalue weighted by Crippen LogP contribution is 2.26. The van der Waals surface area contributed by atoms with E-state index in [1.165, 1.54) is 30.3 Å². The number of sulfonamides is 1. The number of halogens is 3. The van der Waals surface area contributed by atoms with Crippen LogP contribution in [0.4, 0.5) is 10.1 Å². The third-order valence-corrected chi connectivity index (χ3v) is 4.97. The zero-order chi connectivity index (χ0) is 18.8. The Labute approximate surface area is 154 Å². The number of rotatable bonds is 6. The van der Waals surface area contributed by atoms with Crippen LogP contribution in [0.3, 0.4) is 0 Å². The van der Waals surface area contributed by atoms with Crippen molar-refractivity contribution < 1.29 is 22.7 Å². The highest BCUT2D eigenvalue weighted by molar-refractivity contribution is 7.92. The van der Waals surface area contributed by atoms with E-state index in [2.05, 4.69) is 0 Å². The van der Waals surface area contributed by atoms with Crippen molar-refractivity contribution in [3.05, 3.63) is 63.9 Å². The zero-order valence-corrected chi connectivity index (χ0v) is 15.3. The van der Waals surface area contributed by atoms with Crippen LogP contribution in [0.5, 0.6) is 0 Å². The fourth-order valence-corrected chi connectivity index (χ4v) is 4.12. The van der Waals surface area contributed by atoms with Gasteiger partial charge in [0.1, 0.15) is 11.9 Å². The molecule has 1 N–H and O–H groups in total. The maximum absolute atomic E-state index is 13.1. The van der Waals surface area contributed by atoms with Crippen LogP contribution in [0.25, 0.3) is 0 Å². The lowest BCUT2D eigenvalue weighted by Gasteiger charge is -2.29. The molecule has 0 bridgehead atoms. The number of hydrogen-bond donors (Lipinski definition) is 1. The highest BCUT2D eigenvalue weighted by atomic mass is 35.5. The van der Waals surface area contributed by atoms with Crippen LogP contribution < -0.4 is 4.31 Å².